The molecule has 16 heavy (non-hydrogen) atoms. The number of alkyl halides is 1. The summed E-state index contributed by atoms with van der Waals surface area (Å²) in [6, 6.07) is 4.48. The summed E-state index contributed by atoms with van der Waals surface area (Å²) in [5.41, 5.74) is -0.349. The molecule has 4 nitrogen and oxygen atoms in total. The van der Waals surface area contributed by atoms with Gasteiger partial charge in [0.25, 0.3) is 5.56 Å². The Labute approximate surface area is 103 Å². The zero-order chi connectivity index (χ0) is 12.4. The molecule has 0 aliphatic heterocycles. The van der Waals surface area contributed by atoms with Crippen LogP contribution in [0.2, 0.25) is 0 Å². The van der Waals surface area contributed by atoms with Gasteiger partial charge in [-0.3, -0.25) is 4.79 Å². The lowest BCUT2D eigenvalue weighted by atomic mass is 10.5. The summed E-state index contributed by atoms with van der Waals surface area (Å²) >= 11 is 3.06. The molecular formula is C10H12BrNO3S. The summed E-state index contributed by atoms with van der Waals surface area (Å²) in [6.45, 7) is 4.92. The van der Waals surface area contributed by atoms with E-state index in [1.165, 1.54) is 25.3 Å². The lowest BCUT2D eigenvalue weighted by molar-refractivity contribution is 0.574. The summed E-state index contributed by atoms with van der Waals surface area (Å²) in [7, 11) is -3.52. The Kier molecular flexibility index (Phi) is 3.75. The van der Waals surface area contributed by atoms with Crippen LogP contribution in [-0.4, -0.2) is 16.6 Å². The molecule has 0 spiro atoms. The van der Waals surface area contributed by atoms with Crippen LogP contribution in [0, 0.1) is 0 Å². The largest absolute Gasteiger partial charge is 0.301 e. The Bertz CT molecular complexity index is 545. The van der Waals surface area contributed by atoms with Gasteiger partial charge in [-0.25, -0.2) is 8.42 Å². The van der Waals surface area contributed by atoms with Crippen molar-refractivity contribution < 1.29 is 8.42 Å². The first kappa shape index (κ1) is 13.2. The van der Waals surface area contributed by atoms with Crippen LogP contribution in [0.15, 0.2) is 41.8 Å². The van der Waals surface area contributed by atoms with E-state index in [0.29, 0.717) is 0 Å². The Morgan fingerprint density at radius 2 is 2.19 bits per heavy atom. The van der Waals surface area contributed by atoms with Crippen LogP contribution in [0.25, 0.3) is 0 Å². The van der Waals surface area contributed by atoms with Crippen molar-refractivity contribution in [3.63, 3.8) is 0 Å². The molecule has 0 aliphatic rings. The molecule has 0 fully saturated rings. The molecule has 0 saturated carbocycles. The van der Waals surface area contributed by atoms with E-state index in [9.17, 15) is 13.2 Å². The Balaban J connectivity index is 3.13. The first-order valence-corrected chi connectivity index (χ1v) is 6.95. The highest BCUT2D eigenvalue weighted by Crippen LogP contribution is 2.27. The van der Waals surface area contributed by atoms with Crippen LogP contribution in [0.1, 0.15) is 6.92 Å². The van der Waals surface area contributed by atoms with Crippen molar-refractivity contribution in [3.8, 4) is 0 Å². The molecule has 0 radical (unpaired) electrons. The van der Waals surface area contributed by atoms with Crippen LogP contribution in [0.5, 0.6) is 0 Å². The predicted octanol–water partition coefficient (Wildman–Crippen LogP) is 1.52. The maximum absolute atomic E-state index is 11.9. The van der Waals surface area contributed by atoms with E-state index in [1.54, 1.807) is 12.1 Å². The SMILES string of the molecule is C=CC(C)(Br)S(=O)(=O)Cn1ccccc1=O. The van der Waals surface area contributed by atoms with Crippen LogP contribution >= 0.6 is 15.9 Å². The zero-order valence-electron chi connectivity index (χ0n) is 8.76. The quantitative estimate of drug-likeness (QED) is 0.626. The second kappa shape index (κ2) is 4.55. The molecule has 1 unspecified atom stereocenters. The number of sulfone groups is 1. The number of hydrogen-bond donors (Lipinski definition) is 0. The second-order valence-corrected chi connectivity index (χ2v) is 7.95. The molecule has 0 saturated heterocycles. The minimum atomic E-state index is -3.52. The number of hydrogen-bond acceptors (Lipinski definition) is 3. The first-order valence-electron chi connectivity index (χ1n) is 4.50. The van der Waals surface area contributed by atoms with Crippen LogP contribution in [-0.2, 0) is 15.7 Å². The average molecular weight is 306 g/mol. The minimum absolute atomic E-state index is 0.349. The zero-order valence-corrected chi connectivity index (χ0v) is 11.2. The van der Waals surface area contributed by atoms with Gasteiger partial charge < -0.3 is 4.57 Å². The van der Waals surface area contributed by atoms with E-state index < -0.39 is 13.5 Å². The van der Waals surface area contributed by atoms with Crippen molar-refractivity contribution in [1.82, 2.24) is 4.57 Å². The van der Waals surface area contributed by atoms with Crippen LogP contribution in [0.4, 0.5) is 0 Å². The molecule has 0 aromatic carbocycles. The molecule has 1 heterocycles. The van der Waals surface area contributed by atoms with Crippen molar-refractivity contribution in [2.45, 2.75) is 16.5 Å². The van der Waals surface area contributed by atoms with Gasteiger partial charge in [0.15, 0.2) is 9.84 Å². The summed E-state index contributed by atoms with van der Waals surface area (Å²) in [5.74, 6) is -0.375. The van der Waals surface area contributed by atoms with Gasteiger partial charge in [-0.1, -0.05) is 28.1 Å². The lowest BCUT2D eigenvalue weighted by Crippen LogP contribution is -2.32. The number of rotatable bonds is 4. The number of pyridine rings is 1. The van der Waals surface area contributed by atoms with Gasteiger partial charge in [0, 0.05) is 12.3 Å². The highest BCUT2D eigenvalue weighted by molar-refractivity contribution is 9.11. The third kappa shape index (κ3) is 2.62. The first-order chi connectivity index (χ1) is 7.30. The molecule has 1 aromatic heterocycles. The van der Waals surface area contributed by atoms with E-state index in [2.05, 4.69) is 22.5 Å². The summed E-state index contributed by atoms with van der Waals surface area (Å²) < 4.78 is 23.8. The van der Waals surface area contributed by atoms with Crippen molar-refractivity contribution >= 4 is 25.8 Å². The standard InChI is InChI=1S/C10H12BrNO3S/c1-3-10(2,11)16(14,15)8-12-7-5-4-6-9(12)13/h3-7H,1,8H2,2H3. The predicted molar refractivity (Wildman–Crippen MR) is 67.2 cm³/mol. The third-order valence-electron chi connectivity index (χ3n) is 2.18. The van der Waals surface area contributed by atoms with E-state index >= 15 is 0 Å². The topological polar surface area (TPSA) is 56.1 Å². The molecule has 0 aliphatic carbocycles. The highest BCUT2D eigenvalue weighted by atomic mass is 79.9. The van der Waals surface area contributed by atoms with E-state index in [4.69, 9.17) is 0 Å². The third-order valence-corrected chi connectivity index (χ3v) is 5.99. The van der Waals surface area contributed by atoms with Gasteiger partial charge in [0.05, 0.1) is 0 Å². The summed E-state index contributed by atoms with van der Waals surface area (Å²) in [4.78, 5) is 11.4. The fourth-order valence-corrected chi connectivity index (χ4v) is 2.40. The van der Waals surface area contributed by atoms with Crippen molar-refractivity contribution in [1.29, 1.82) is 0 Å². The Morgan fingerprint density at radius 1 is 1.56 bits per heavy atom. The number of nitrogens with zero attached hydrogens (tertiary/aromatic N) is 1. The molecule has 88 valence electrons. The molecular weight excluding hydrogens is 294 g/mol. The van der Waals surface area contributed by atoms with Gasteiger partial charge in [-0.05, 0) is 13.0 Å². The number of halogens is 1. The normalized spacial score (nSPS) is 15.4. The molecule has 6 heteroatoms. The van der Waals surface area contributed by atoms with Gasteiger partial charge in [0.1, 0.15) is 9.53 Å². The van der Waals surface area contributed by atoms with Crippen LogP contribution < -0.4 is 5.56 Å². The smallest absolute Gasteiger partial charge is 0.251 e. The van der Waals surface area contributed by atoms with E-state index in [1.807, 2.05) is 0 Å². The fraction of sp³-hybridized carbons (Fsp3) is 0.300. The van der Waals surface area contributed by atoms with Gasteiger partial charge >= 0.3 is 0 Å². The van der Waals surface area contributed by atoms with Crippen molar-refractivity contribution in [2.24, 2.45) is 0 Å². The maximum Gasteiger partial charge on any atom is 0.251 e. The van der Waals surface area contributed by atoms with Crippen molar-refractivity contribution in [3.05, 3.63) is 47.4 Å². The molecule has 1 aromatic rings. The maximum atomic E-state index is 11.9. The van der Waals surface area contributed by atoms with Gasteiger partial charge in [-0.2, -0.15) is 0 Å². The summed E-state index contributed by atoms with van der Waals surface area (Å²) in [6.07, 6.45) is 2.72. The van der Waals surface area contributed by atoms with E-state index in [-0.39, 0.29) is 11.4 Å². The monoisotopic (exact) mass is 305 g/mol. The fourth-order valence-electron chi connectivity index (χ4n) is 1.00. The molecule has 0 bridgehead atoms. The molecule has 0 N–H and O–H groups in total. The van der Waals surface area contributed by atoms with Gasteiger partial charge in [0.2, 0.25) is 0 Å². The number of aromatic nitrogens is 1. The Hall–Kier alpha value is -0.880. The second-order valence-electron chi connectivity index (χ2n) is 3.44. The highest BCUT2D eigenvalue weighted by Gasteiger charge is 2.33. The average Bonchev–Trinajstić information content (AvgIpc) is 2.21. The molecule has 1 atom stereocenters. The van der Waals surface area contributed by atoms with E-state index in [0.717, 1.165) is 4.57 Å². The Morgan fingerprint density at radius 3 is 2.69 bits per heavy atom. The molecule has 0 amide bonds. The minimum Gasteiger partial charge on any atom is -0.301 e. The van der Waals surface area contributed by atoms with Crippen molar-refractivity contribution in [2.75, 3.05) is 0 Å². The lowest BCUT2D eigenvalue weighted by Gasteiger charge is -2.18. The van der Waals surface area contributed by atoms with Gasteiger partial charge in [-0.15, -0.1) is 6.58 Å². The summed E-state index contributed by atoms with van der Waals surface area (Å²) in [5, 5.41) is 0. The van der Waals surface area contributed by atoms with Crippen LogP contribution in [0.3, 0.4) is 0 Å². The molecule has 1 rings (SSSR count).